The first-order valence-corrected chi connectivity index (χ1v) is 14.5. The van der Waals surface area contributed by atoms with Crippen molar-refractivity contribution in [2.24, 2.45) is 0 Å². The molecule has 3 heterocycles. The van der Waals surface area contributed by atoms with E-state index in [0.29, 0.717) is 32.0 Å². The van der Waals surface area contributed by atoms with Crippen LogP contribution in [-0.4, -0.2) is 62.2 Å². The number of nitrogens with one attached hydrogen (secondary N) is 2. The molecule has 0 radical (unpaired) electrons. The molecule has 242 valence electrons. The SMILES string of the molecule is CC1(O)CCC(N2CC(CC(=O)NC(C)(C)c3cccc(C(F)(F)F)n3)(NC(=O)c3cc(-c4ccc(F)cc4F)on3)C2)CC1. The van der Waals surface area contributed by atoms with Gasteiger partial charge in [0.1, 0.15) is 17.3 Å². The van der Waals surface area contributed by atoms with Crippen molar-refractivity contribution in [3.8, 4) is 11.3 Å². The summed E-state index contributed by atoms with van der Waals surface area (Å²) in [5.41, 5.74) is -4.44. The number of benzene rings is 1. The van der Waals surface area contributed by atoms with Crippen LogP contribution in [0.5, 0.6) is 0 Å². The van der Waals surface area contributed by atoms with Crippen molar-refractivity contribution in [3.05, 3.63) is 71.2 Å². The summed E-state index contributed by atoms with van der Waals surface area (Å²) in [6.45, 7) is 5.44. The molecule has 0 atom stereocenters. The molecule has 45 heavy (non-hydrogen) atoms. The van der Waals surface area contributed by atoms with Gasteiger partial charge in [0.2, 0.25) is 5.91 Å². The van der Waals surface area contributed by atoms with E-state index in [1.807, 2.05) is 0 Å². The summed E-state index contributed by atoms with van der Waals surface area (Å²) < 4.78 is 72.6. The molecule has 1 saturated carbocycles. The van der Waals surface area contributed by atoms with Gasteiger partial charge in [0.25, 0.3) is 5.91 Å². The first kappa shape index (κ1) is 32.5. The average Bonchev–Trinajstić information content (AvgIpc) is 3.41. The minimum absolute atomic E-state index is 0.0106. The van der Waals surface area contributed by atoms with Crippen LogP contribution in [0.15, 0.2) is 47.0 Å². The molecular formula is C31H34F5N5O4. The third-order valence-corrected chi connectivity index (χ3v) is 8.51. The molecule has 1 aromatic carbocycles. The van der Waals surface area contributed by atoms with Crippen molar-refractivity contribution in [1.82, 2.24) is 25.7 Å². The summed E-state index contributed by atoms with van der Waals surface area (Å²) in [6.07, 6.45) is -2.20. The number of likely N-dealkylation sites (tertiary alicyclic amines) is 1. The Morgan fingerprint density at radius 1 is 1.07 bits per heavy atom. The Hall–Kier alpha value is -3.91. The molecule has 2 amide bonds. The lowest BCUT2D eigenvalue weighted by molar-refractivity contribution is -0.141. The predicted molar refractivity (Wildman–Crippen MR) is 152 cm³/mol. The summed E-state index contributed by atoms with van der Waals surface area (Å²) in [6, 6.07) is 7.67. The van der Waals surface area contributed by atoms with E-state index in [2.05, 4.69) is 25.7 Å². The van der Waals surface area contributed by atoms with Crippen LogP contribution in [-0.2, 0) is 16.5 Å². The standard InChI is InChI=1S/C31H34F5N5O4/c1-28(2,24-5-4-6-25(37-24)31(34,35)36)38-26(42)15-30(16-41(17-30)19-9-11-29(3,44)12-10-19)39-27(43)22-14-23(45-40-22)20-8-7-18(32)13-21(20)33/h4-8,13-14,19,44H,9-12,15-17H2,1-3H3,(H,38,42)(H,39,43). The first-order valence-electron chi connectivity index (χ1n) is 14.5. The molecule has 9 nitrogen and oxygen atoms in total. The van der Waals surface area contributed by atoms with Gasteiger partial charge < -0.3 is 20.3 Å². The van der Waals surface area contributed by atoms with E-state index in [1.54, 1.807) is 6.92 Å². The molecule has 1 aliphatic carbocycles. The third kappa shape index (κ3) is 7.33. The topological polar surface area (TPSA) is 121 Å². The maximum absolute atomic E-state index is 14.3. The van der Waals surface area contributed by atoms with Gasteiger partial charge in [0, 0.05) is 31.3 Å². The van der Waals surface area contributed by atoms with Gasteiger partial charge in [-0.3, -0.25) is 14.5 Å². The quantitative estimate of drug-likeness (QED) is 0.300. The Bertz CT molecular complexity index is 1570. The molecule has 14 heteroatoms. The maximum atomic E-state index is 14.3. The Kier molecular flexibility index (Phi) is 8.51. The van der Waals surface area contributed by atoms with E-state index >= 15 is 0 Å². The number of halogens is 5. The van der Waals surface area contributed by atoms with Gasteiger partial charge in [-0.2, -0.15) is 13.2 Å². The minimum Gasteiger partial charge on any atom is -0.390 e. The smallest absolute Gasteiger partial charge is 0.390 e. The van der Waals surface area contributed by atoms with Crippen LogP contribution >= 0.6 is 0 Å². The number of carbonyl (C=O) groups is 2. The number of pyridine rings is 1. The van der Waals surface area contributed by atoms with Crippen molar-refractivity contribution in [3.63, 3.8) is 0 Å². The van der Waals surface area contributed by atoms with Crippen LogP contribution in [0, 0.1) is 11.6 Å². The molecular weight excluding hydrogens is 601 g/mol. The highest BCUT2D eigenvalue weighted by atomic mass is 19.4. The summed E-state index contributed by atoms with van der Waals surface area (Å²) >= 11 is 0. The summed E-state index contributed by atoms with van der Waals surface area (Å²) in [4.78, 5) is 32.6. The number of alkyl halides is 3. The van der Waals surface area contributed by atoms with Gasteiger partial charge >= 0.3 is 6.18 Å². The number of hydrogen-bond acceptors (Lipinski definition) is 7. The lowest BCUT2D eigenvalue weighted by Gasteiger charge is -2.54. The highest BCUT2D eigenvalue weighted by Gasteiger charge is 2.49. The molecule has 5 rings (SSSR count). The van der Waals surface area contributed by atoms with Gasteiger partial charge in [-0.05, 0) is 70.7 Å². The number of aliphatic hydroxyl groups is 1. The Morgan fingerprint density at radius 2 is 1.73 bits per heavy atom. The van der Waals surface area contributed by atoms with Crippen molar-refractivity contribution in [2.75, 3.05) is 13.1 Å². The zero-order valence-corrected chi connectivity index (χ0v) is 25.0. The largest absolute Gasteiger partial charge is 0.433 e. The summed E-state index contributed by atoms with van der Waals surface area (Å²) in [5, 5.41) is 19.7. The van der Waals surface area contributed by atoms with Gasteiger partial charge in [-0.15, -0.1) is 0 Å². The lowest BCUT2D eigenvalue weighted by Crippen LogP contribution is -2.73. The zero-order valence-electron chi connectivity index (χ0n) is 25.0. The summed E-state index contributed by atoms with van der Waals surface area (Å²) in [7, 11) is 0. The number of hydrogen-bond donors (Lipinski definition) is 3. The van der Waals surface area contributed by atoms with E-state index in [0.717, 1.165) is 31.0 Å². The third-order valence-electron chi connectivity index (χ3n) is 8.51. The maximum Gasteiger partial charge on any atom is 0.433 e. The molecule has 3 N–H and O–H groups in total. The van der Waals surface area contributed by atoms with Gasteiger partial charge in [0.05, 0.1) is 34.4 Å². The second-order valence-corrected chi connectivity index (χ2v) is 12.8. The van der Waals surface area contributed by atoms with Crippen LogP contribution in [0.4, 0.5) is 22.0 Å². The molecule has 3 aromatic rings. The monoisotopic (exact) mass is 635 g/mol. The molecule has 0 spiro atoms. The van der Waals surface area contributed by atoms with Gasteiger partial charge in [0.15, 0.2) is 11.5 Å². The van der Waals surface area contributed by atoms with E-state index in [9.17, 15) is 36.6 Å². The second-order valence-electron chi connectivity index (χ2n) is 12.8. The van der Waals surface area contributed by atoms with Crippen molar-refractivity contribution < 1.29 is 41.2 Å². The fraction of sp³-hybridized carbons (Fsp3) is 0.484. The predicted octanol–water partition coefficient (Wildman–Crippen LogP) is 4.95. The Balaban J connectivity index is 1.32. The van der Waals surface area contributed by atoms with Crippen LogP contribution in [0.25, 0.3) is 11.3 Å². The lowest BCUT2D eigenvalue weighted by atomic mass is 9.78. The van der Waals surface area contributed by atoms with Crippen molar-refractivity contribution in [2.45, 2.75) is 81.8 Å². The number of carbonyl (C=O) groups excluding carboxylic acids is 2. The summed E-state index contributed by atoms with van der Waals surface area (Å²) in [5.74, 6) is -2.99. The van der Waals surface area contributed by atoms with Gasteiger partial charge in [-0.1, -0.05) is 11.2 Å². The normalized spacial score (nSPS) is 22.0. The molecule has 1 aliphatic heterocycles. The van der Waals surface area contributed by atoms with Crippen molar-refractivity contribution >= 4 is 11.8 Å². The fourth-order valence-electron chi connectivity index (χ4n) is 6.02. The van der Waals surface area contributed by atoms with Crippen LogP contribution in [0.3, 0.4) is 0 Å². The van der Waals surface area contributed by atoms with Crippen LogP contribution in [0.1, 0.15) is 74.8 Å². The highest BCUT2D eigenvalue weighted by molar-refractivity contribution is 5.94. The highest BCUT2D eigenvalue weighted by Crippen LogP contribution is 2.37. The number of amides is 2. The Morgan fingerprint density at radius 3 is 2.38 bits per heavy atom. The number of rotatable bonds is 8. The van der Waals surface area contributed by atoms with Crippen LogP contribution < -0.4 is 10.6 Å². The van der Waals surface area contributed by atoms with Gasteiger partial charge in [-0.25, -0.2) is 13.8 Å². The minimum atomic E-state index is -4.66. The number of aromatic nitrogens is 2. The van der Waals surface area contributed by atoms with E-state index in [1.165, 1.54) is 32.0 Å². The molecule has 1 saturated heterocycles. The fourth-order valence-corrected chi connectivity index (χ4v) is 6.02. The number of nitrogens with zero attached hydrogens (tertiary/aromatic N) is 3. The first-order chi connectivity index (χ1) is 21.0. The molecule has 0 bridgehead atoms. The zero-order chi connectivity index (χ0) is 32.8. The van der Waals surface area contributed by atoms with E-state index in [-0.39, 0.29) is 35.2 Å². The molecule has 2 aliphatic rings. The second kappa shape index (κ2) is 11.8. The van der Waals surface area contributed by atoms with Crippen LogP contribution in [0.2, 0.25) is 0 Å². The average molecular weight is 636 g/mol. The van der Waals surface area contributed by atoms with Crippen molar-refractivity contribution in [1.29, 1.82) is 0 Å². The van der Waals surface area contributed by atoms with E-state index < -0.39 is 52.0 Å². The Labute approximate surface area is 256 Å². The molecule has 2 aromatic heterocycles. The van der Waals surface area contributed by atoms with E-state index in [4.69, 9.17) is 4.52 Å². The molecule has 2 fully saturated rings. The molecule has 0 unspecified atom stereocenters.